The molecule has 1 N–H and O–H groups in total. The molecule has 9 heteroatoms. The lowest BCUT2D eigenvalue weighted by atomic mass is 10.1. The van der Waals surface area contributed by atoms with E-state index in [2.05, 4.69) is 5.32 Å². The minimum atomic E-state index is -3.82. The third-order valence-corrected chi connectivity index (χ3v) is 6.31. The van der Waals surface area contributed by atoms with Gasteiger partial charge in [0.2, 0.25) is 21.8 Å². The number of nitrogens with one attached hydrogen (secondary N) is 1. The number of aryl methyl sites for hydroxylation is 1. The summed E-state index contributed by atoms with van der Waals surface area (Å²) in [5, 5.41) is 2.60. The maximum atomic E-state index is 13.6. The Morgan fingerprint density at radius 3 is 2.36 bits per heavy atom. The number of anilines is 1. The Kier molecular flexibility index (Phi) is 9.28. The van der Waals surface area contributed by atoms with Crippen LogP contribution in [0.5, 0.6) is 5.75 Å². The SMILES string of the molecule is CCOc1ccccc1N(CC(=O)N(Cc1cccc(C)c1)[C@H](CC)C(=O)NC)S(C)(=O)=O. The molecule has 33 heavy (non-hydrogen) atoms. The molecule has 8 nitrogen and oxygen atoms in total. The van der Waals surface area contributed by atoms with E-state index in [9.17, 15) is 18.0 Å². The predicted molar refractivity (Wildman–Crippen MR) is 130 cm³/mol. The molecule has 0 spiro atoms. The van der Waals surface area contributed by atoms with Crippen molar-refractivity contribution in [1.82, 2.24) is 10.2 Å². The molecule has 0 aromatic heterocycles. The van der Waals surface area contributed by atoms with E-state index in [1.807, 2.05) is 38.1 Å². The standard InChI is InChI=1S/C24H33N3O5S/c1-6-20(24(29)25-4)26(16-19-12-10-11-18(3)15-19)23(28)17-27(33(5,30)31)21-13-8-9-14-22(21)32-7-2/h8-15,20H,6-7,16-17H2,1-5H3,(H,25,29)/t20-/m1/s1. The van der Waals surface area contributed by atoms with Crippen LogP contribution in [0.4, 0.5) is 5.69 Å². The number of sulfonamides is 1. The van der Waals surface area contributed by atoms with Crippen molar-refractivity contribution < 1.29 is 22.7 Å². The number of likely N-dealkylation sites (N-methyl/N-ethyl adjacent to an activating group) is 1. The minimum absolute atomic E-state index is 0.178. The largest absolute Gasteiger partial charge is 0.492 e. The summed E-state index contributed by atoms with van der Waals surface area (Å²) in [5.74, 6) is -0.426. The lowest BCUT2D eigenvalue weighted by Gasteiger charge is -2.33. The van der Waals surface area contributed by atoms with Gasteiger partial charge in [-0.2, -0.15) is 0 Å². The molecule has 0 unspecified atom stereocenters. The molecule has 2 aromatic rings. The van der Waals surface area contributed by atoms with Gasteiger partial charge < -0.3 is 15.0 Å². The average Bonchev–Trinajstić information content (AvgIpc) is 2.77. The molecule has 0 aliphatic heterocycles. The van der Waals surface area contributed by atoms with Gasteiger partial charge in [0.05, 0.1) is 18.6 Å². The first kappa shape index (κ1) is 26.2. The fourth-order valence-electron chi connectivity index (χ4n) is 3.63. The number of hydrogen-bond acceptors (Lipinski definition) is 5. The molecule has 0 fully saturated rings. The molecule has 0 bridgehead atoms. The van der Waals surface area contributed by atoms with Crippen LogP contribution in [0.25, 0.3) is 0 Å². The molecule has 0 saturated heterocycles. The van der Waals surface area contributed by atoms with E-state index in [4.69, 9.17) is 4.74 Å². The van der Waals surface area contributed by atoms with Gasteiger partial charge in [-0.1, -0.05) is 48.9 Å². The van der Waals surface area contributed by atoms with Gasteiger partial charge in [-0.25, -0.2) is 8.42 Å². The third kappa shape index (κ3) is 6.95. The Morgan fingerprint density at radius 2 is 1.79 bits per heavy atom. The fourth-order valence-corrected chi connectivity index (χ4v) is 4.48. The molecule has 2 rings (SSSR count). The third-order valence-electron chi connectivity index (χ3n) is 5.18. The summed E-state index contributed by atoms with van der Waals surface area (Å²) in [6.07, 6.45) is 1.43. The number of carbonyl (C=O) groups excluding carboxylic acids is 2. The molecule has 0 saturated carbocycles. The normalized spacial score (nSPS) is 12.0. The summed E-state index contributed by atoms with van der Waals surface area (Å²) >= 11 is 0. The van der Waals surface area contributed by atoms with E-state index in [0.29, 0.717) is 18.8 Å². The second kappa shape index (κ2) is 11.7. The zero-order chi connectivity index (χ0) is 24.6. The topological polar surface area (TPSA) is 96.0 Å². The van der Waals surface area contributed by atoms with Crippen molar-refractivity contribution in [2.24, 2.45) is 0 Å². The molecule has 0 radical (unpaired) electrons. The minimum Gasteiger partial charge on any atom is -0.492 e. The lowest BCUT2D eigenvalue weighted by Crippen LogP contribution is -2.51. The van der Waals surface area contributed by atoms with Gasteiger partial charge >= 0.3 is 0 Å². The Bertz CT molecular complexity index is 1070. The highest BCUT2D eigenvalue weighted by molar-refractivity contribution is 7.92. The van der Waals surface area contributed by atoms with E-state index in [-0.39, 0.29) is 18.1 Å². The van der Waals surface area contributed by atoms with E-state index in [1.165, 1.54) is 11.9 Å². The number of benzene rings is 2. The van der Waals surface area contributed by atoms with Crippen molar-refractivity contribution in [3.63, 3.8) is 0 Å². The summed E-state index contributed by atoms with van der Waals surface area (Å²) in [6.45, 7) is 5.62. The molecule has 180 valence electrons. The Labute approximate surface area is 196 Å². The van der Waals surface area contributed by atoms with Crippen LogP contribution in [0, 0.1) is 6.92 Å². The van der Waals surface area contributed by atoms with Crippen LogP contribution in [0.1, 0.15) is 31.4 Å². The zero-order valence-corrected chi connectivity index (χ0v) is 20.7. The molecule has 0 heterocycles. The Hall–Kier alpha value is -3.07. The first-order chi connectivity index (χ1) is 15.6. The molecule has 2 amide bonds. The van der Waals surface area contributed by atoms with Crippen molar-refractivity contribution >= 4 is 27.5 Å². The van der Waals surface area contributed by atoms with Crippen LogP contribution in [-0.4, -0.2) is 57.6 Å². The summed E-state index contributed by atoms with van der Waals surface area (Å²) in [5.41, 5.74) is 2.15. The average molecular weight is 476 g/mol. The van der Waals surface area contributed by atoms with Crippen molar-refractivity contribution in [1.29, 1.82) is 0 Å². The van der Waals surface area contributed by atoms with E-state index in [0.717, 1.165) is 21.7 Å². The second-order valence-corrected chi connectivity index (χ2v) is 9.63. The second-order valence-electron chi connectivity index (χ2n) is 7.72. The van der Waals surface area contributed by atoms with Crippen molar-refractivity contribution in [2.75, 3.05) is 30.8 Å². The van der Waals surface area contributed by atoms with E-state index in [1.54, 1.807) is 31.2 Å². The molecular formula is C24H33N3O5S. The van der Waals surface area contributed by atoms with Gasteiger partial charge in [0, 0.05) is 13.6 Å². The number of hydrogen-bond donors (Lipinski definition) is 1. The van der Waals surface area contributed by atoms with Crippen LogP contribution < -0.4 is 14.4 Å². The van der Waals surface area contributed by atoms with Crippen molar-refractivity contribution in [2.45, 2.75) is 39.8 Å². The molecular weight excluding hydrogens is 442 g/mol. The van der Waals surface area contributed by atoms with E-state index < -0.39 is 28.5 Å². The fraction of sp³-hybridized carbons (Fsp3) is 0.417. The van der Waals surface area contributed by atoms with E-state index >= 15 is 0 Å². The Balaban J connectivity index is 2.47. The van der Waals surface area contributed by atoms with Gasteiger partial charge in [-0.05, 0) is 38.0 Å². The van der Waals surface area contributed by atoms with Crippen LogP contribution in [0.15, 0.2) is 48.5 Å². The van der Waals surface area contributed by atoms with Gasteiger partial charge in [-0.3, -0.25) is 13.9 Å². The number of rotatable bonds is 11. The first-order valence-electron chi connectivity index (χ1n) is 10.9. The molecule has 2 aromatic carbocycles. The van der Waals surface area contributed by atoms with Gasteiger partial charge in [0.25, 0.3) is 0 Å². The number of ether oxygens (including phenoxy) is 1. The molecule has 1 atom stereocenters. The maximum absolute atomic E-state index is 13.6. The van der Waals surface area contributed by atoms with Crippen LogP contribution in [-0.2, 0) is 26.2 Å². The van der Waals surface area contributed by atoms with Crippen LogP contribution >= 0.6 is 0 Å². The summed E-state index contributed by atoms with van der Waals surface area (Å²) in [6, 6.07) is 13.6. The van der Waals surface area contributed by atoms with Crippen molar-refractivity contribution in [3.05, 3.63) is 59.7 Å². The van der Waals surface area contributed by atoms with Crippen LogP contribution in [0.2, 0.25) is 0 Å². The highest BCUT2D eigenvalue weighted by atomic mass is 32.2. The predicted octanol–water partition coefficient (Wildman–Crippen LogP) is 2.71. The molecule has 0 aliphatic rings. The zero-order valence-electron chi connectivity index (χ0n) is 19.9. The first-order valence-corrected chi connectivity index (χ1v) is 12.7. The highest BCUT2D eigenvalue weighted by Crippen LogP contribution is 2.30. The smallest absolute Gasteiger partial charge is 0.244 e. The summed E-state index contributed by atoms with van der Waals surface area (Å²) < 4.78 is 32.0. The number of para-hydroxylation sites is 2. The summed E-state index contributed by atoms with van der Waals surface area (Å²) in [4.78, 5) is 27.6. The number of nitrogens with zero attached hydrogens (tertiary/aromatic N) is 2. The lowest BCUT2D eigenvalue weighted by molar-refractivity contribution is -0.140. The van der Waals surface area contributed by atoms with Gasteiger partial charge in [-0.15, -0.1) is 0 Å². The van der Waals surface area contributed by atoms with Crippen LogP contribution in [0.3, 0.4) is 0 Å². The molecule has 0 aliphatic carbocycles. The van der Waals surface area contributed by atoms with Gasteiger partial charge in [0.15, 0.2) is 0 Å². The summed E-state index contributed by atoms with van der Waals surface area (Å²) in [7, 11) is -2.30. The maximum Gasteiger partial charge on any atom is 0.244 e. The monoisotopic (exact) mass is 475 g/mol. The van der Waals surface area contributed by atoms with Crippen molar-refractivity contribution in [3.8, 4) is 5.75 Å². The Morgan fingerprint density at radius 1 is 1.09 bits per heavy atom. The number of amides is 2. The number of carbonyl (C=O) groups is 2. The quantitative estimate of drug-likeness (QED) is 0.539. The highest BCUT2D eigenvalue weighted by Gasteiger charge is 2.32. The van der Waals surface area contributed by atoms with Gasteiger partial charge in [0.1, 0.15) is 18.3 Å².